The number of aromatic nitrogens is 3. The van der Waals surface area contributed by atoms with Crippen LogP contribution in [-0.2, 0) is 0 Å². The Bertz CT molecular complexity index is 891. The number of hydrogen-bond acceptors (Lipinski definition) is 4. The second kappa shape index (κ2) is 5.72. The van der Waals surface area contributed by atoms with E-state index >= 15 is 0 Å². The first kappa shape index (κ1) is 14.7. The Hall–Kier alpha value is -2.63. The second-order valence-corrected chi connectivity index (χ2v) is 7.09. The minimum absolute atomic E-state index is 0.00367. The number of carbonyl (C=O) groups excluding carboxylic acids is 1. The zero-order chi connectivity index (χ0) is 16.8. The standard InChI is InChI=1S/C19H20N4O2/c24-19(16-10-15(21-22-16)12-7-8-12)23-9-3-4-13(11-23)18-20-14-5-1-2-6-17(14)25-18/h1-2,5-6,10,12-13H,3-4,7-9,11H2,(H,21,22)/t13-/m1/s1. The summed E-state index contributed by atoms with van der Waals surface area (Å²) >= 11 is 0. The summed E-state index contributed by atoms with van der Waals surface area (Å²) in [5.74, 6) is 1.46. The number of carbonyl (C=O) groups is 1. The van der Waals surface area contributed by atoms with Gasteiger partial charge in [-0.1, -0.05) is 12.1 Å². The van der Waals surface area contributed by atoms with E-state index in [1.54, 1.807) is 0 Å². The summed E-state index contributed by atoms with van der Waals surface area (Å²) in [4.78, 5) is 19.3. The van der Waals surface area contributed by atoms with Gasteiger partial charge in [0, 0.05) is 24.7 Å². The average molecular weight is 336 g/mol. The van der Waals surface area contributed by atoms with Crippen LogP contribution in [0.3, 0.4) is 0 Å². The molecule has 25 heavy (non-hydrogen) atoms. The van der Waals surface area contributed by atoms with E-state index in [-0.39, 0.29) is 11.8 Å². The molecule has 1 atom stereocenters. The van der Waals surface area contributed by atoms with Gasteiger partial charge in [0.05, 0.1) is 5.92 Å². The molecule has 1 saturated carbocycles. The quantitative estimate of drug-likeness (QED) is 0.795. The van der Waals surface area contributed by atoms with E-state index in [1.807, 2.05) is 35.2 Å². The topological polar surface area (TPSA) is 75.0 Å². The molecule has 1 aliphatic carbocycles. The summed E-state index contributed by atoms with van der Waals surface area (Å²) in [6, 6.07) is 9.71. The summed E-state index contributed by atoms with van der Waals surface area (Å²) in [6.07, 6.45) is 4.33. The van der Waals surface area contributed by atoms with Gasteiger partial charge in [-0.2, -0.15) is 5.10 Å². The third-order valence-electron chi connectivity index (χ3n) is 5.20. The molecule has 1 saturated heterocycles. The summed E-state index contributed by atoms with van der Waals surface area (Å²) in [5.41, 5.74) is 3.31. The number of rotatable bonds is 3. The molecule has 128 valence electrons. The molecule has 2 aliphatic rings. The Kier molecular flexibility index (Phi) is 3.36. The van der Waals surface area contributed by atoms with Crippen molar-refractivity contribution in [3.63, 3.8) is 0 Å². The zero-order valence-electron chi connectivity index (χ0n) is 13.9. The fourth-order valence-corrected chi connectivity index (χ4v) is 3.64. The molecule has 3 heterocycles. The van der Waals surface area contributed by atoms with Crippen molar-refractivity contribution < 1.29 is 9.21 Å². The summed E-state index contributed by atoms with van der Waals surface area (Å²) < 4.78 is 5.91. The molecule has 1 aromatic carbocycles. The van der Waals surface area contributed by atoms with Crippen LogP contribution >= 0.6 is 0 Å². The molecule has 1 amide bonds. The number of para-hydroxylation sites is 2. The van der Waals surface area contributed by atoms with Crippen LogP contribution in [0.25, 0.3) is 11.1 Å². The molecular formula is C19H20N4O2. The van der Waals surface area contributed by atoms with E-state index in [4.69, 9.17) is 4.42 Å². The van der Waals surface area contributed by atoms with Gasteiger partial charge in [0.15, 0.2) is 11.5 Å². The van der Waals surface area contributed by atoms with Gasteiger partial charge in [0.25, 0.3) is 5.91 Å². The van der Waals surface area contributed by atoms with Crippen molar-refractivity contribution in [2.75, 3.05) is 13.1 Å². The Morgan fingerprint density at radius 1 is 1.20 bits per heavy atom. The van der Waals surface area contributed by atoms with E-state index in [1.165, 1.54) is 12.8 Å². The fraction of sp³-hybridized carbons (Fsp3) is 0.421. The van der Waals surface area contributed by atoms with Crippen LogP contribution in [0.15, 0.2) is 34.7 Å². The number of amides is 1. The van der Waals surface area contributed by atoms with E-state index in [2.05, 4.69) is 15.2 Å². The molecular weight excluding hydrogens is 316 g/mol. The normalized spacial score (nSPS) is 21.0. The van der Waals surface area contributed by atoms with Gasteiger partial charge in [-0.25, -0.2) is 4.98 Å². The lowest BCUT2D eigenvalue weighted by atomic mass is 9.97. The number of H-pyrrole nitrogens is 1. The maximum absolute atomic E-state index is 12.8. The molecule has 0 bridgehead atoms. The second-order valence-electron chi connectivity index (χ2n) is 7.09. The van der Waals surface area contributed by atoms with Crippen LogP contribution in [0.1, 0.15) is 59.6 Å². The van der Waals surface area contributed by atoms with Gasteiger partial charge in [0.1, 0.15) is 11.2 Å². The third-order valence-corrected chi connectivity index (χ3v) is 5.20. The van der Waals surface area contributed by atoms with Gasteiger partial charge in [-0.3, -0.25) is 9.89 Å². The molecule has 2 fully saturated rings. The number of benzene rings is 1. The Balaban J connectivity index is 1.35. The molecule has 2 aromatic heterocycles. The van der Waals surface area contributed by atoms with Crippen LogP contribution < -0.4 is 0 Å². The van der Waals surface area contributed by atoms with Gasteiger partial charge >= 0.3 is 0 Å². The Morgan fingerprint density at radius 2 is 2.08 bits per heavy atom. The maximum atomic E-state index is 12.8. The highest BCUT2D eigenvalue weighted by molar-refractivity contribution is 5.92. The van der Waals surface area contributed by atoms with Crippen molar-refractivity contribution in [3.8, 4) is 0 Å². The van der Waals surface area contributed by atoms with Crippen molar-refractivity contribution in [1.29, 1.82) is 0 Å². The van der Waals surface area contributed by atoms with Crippen LogP contribution in [-0.4, -0.2) is 39.1 Å². The van der Waals surface area contributed by atoms with Crippen LogP contribution in [0.4, 0.5) is 0 Å². The third kappa shape index (κ3) is 2.71. The molecule has 1 N–H and O–H groups in total. The number of aromatic amines is 1. The van der Waals surface area contributed by atoms with Crippen LogP contribution in [0, 0.1) is 0 Å². The summed E-state index contributed by atoms with van der Waals surface area (Å²) in [6.45, 7) is 1.40. The average Bonchev–Trinajstić information content (AvgIpc) is 3.22. The van der Waals surface area contributed by atoms with E-state index in [0.29, 0.717) is 18.2 Å². The largest absolute Gasteiger partial charge is 0.440 e. The maximum Gasteiger partial charge on any atom is 0.274 e. The van der Waals surface area contributed by atoms with Crippen LogP contribution in [0.2, 0.25) is 0 Å². The highest BCUT2D eigenvalue weighted by atomic mass is 16.3. The number of fused-ring (bicyclic) bond motifs is 1. The van der Waals surface area contributed by atoms with Crippen molar-refractivity contribution in [3.05, 3.63) is 47.6 Å². The molecule has 0 radical (unpaired) electrons. The first-order valence-corrected chi connectivity index (χ1v) is 8.98. The highest BCUT2D eigenvalue weighted by Gasteiger charge is 2.31. The predicted molar refractivity (Wildman–Crippen MR) is 92.5 cm³/mol. The number of oxazole rings is 1. The van der Waals surface area contributed by atoms with E-state index in [9.17, 15) is 4.79 Å². The molecule has 3 aromatic rings. The Labute approximate surface area is 145 Å². The van der Waals surface area contributed by atoms with Crippen molar-refractivity contribution in [2.45, 2.75) is 37.5 Å². The van der Waals surface area contributed by atoms with Gasteiger partial charge in [-0.05, 0) is 43.9 Å². The monoisotopic (exact) mass is 336 g/mol. The lowest BCUT2D eigenvalue weighted by Crippen LogP contribution is -2.39. The van der Waals surface area contributed by atoms with Crippen molar-refractivity contribution in [2.24, 2.45) is 0 Å². The molecule has 5 rings (SSSR count). The lowest BCUT2D eigenvalue weighted by Gasteiger charge is -2.30. The number of hydrogen-bond donors (Lipinski definition) is 1. The van der Waals surface area contributed by atoms with E-state index < -0.39 is 0 Å². The number of nitrogens with one attached hydrogen (secondary N) is 1. The summed E-state index contributed by atoms with van der Waals surface area (Å²) in [5, 5.41) is 7.25. The smallest absolute Gasteiger partial charge is 0.274 e. The SMILES string of the molecule is O=C(c1cc(C2CC2)[nH]n1)N1CCC[C@@H](c2nc3ccccc3o2)C1. The van der Waals surface area contributed by atoms with Crippen molar-refractivity contribution >= 4 is 17.0 Å². The number of nitrogens with zero attached hydrogens (tertiary/aromatic N) is 3. The number of piperidine rings is 1. The first-order chi connectivity index (χ1) is 12.3. The van der Waals surface area contributed by atoms with Crippen molar-refractivity contribution in [1.82, 2.24) is 20.1 Å². The molecule has 0 unspecified atom stereocenters. The predicted octanol–water partition coefficient (Wildman–Crippen LogP) is 3.45. The van der Waals surface area contributed by atoms with Gasteiger partial charge < -0.3 is 9.32 Å². The first-order valence-electron chi connectivity index (χ1n) is 8.98. The number of likely N-dealkylation sites (tertiary alicyclic amines) is 1. The van der Waals surface area contributed by atoms with E-state index in [0.717, 1.165) is 42.1 Å². The molecule has 1 aliphatic heterocycles. The molecule has 6 heteroatoms. The van der Waals surface area contributed by atoms with Crippen LogP contribution in [0.5, 0.6) is 0 Å². The summed E-state index contributed by atoms with van der Waals surface area (Å²) in [7, 11) is 0. The minimum atomic E-state index is 0.00367. The lowest BCUT2D eigenvalue weighted by molar-refractivity contribution is 0.0693. The molecule has 6 nitrogen and oxygen atoms in total. The zero-order valence-corrected chi connectivity index (χ0v) is 13.9. The Morgan fingerprint density at radius 3 is 2.92 bits per heavy atom. The molecule has 0 spiro atoms. The van der Waals surface area contributed by atoms with Gasteiger partial charge in [0.2, 0.25) is 0 Å². The minimum Gasteiger partial charge on any atom is -0.440 e. The fourth-order valence-electron chi connectivity index (χ4n) is 3.64. The van der Waals surface area contributed by atoms with Gasteiger partial charge in [-0.15, -0.1) is 0 Å². The highest BCUT2D eigenvalue weighted by Crippen LogP contribution is 2.39.